The van der Waals surface area contributed by atoms with Crippen LogP contribution in [0, 0.1) is 3.57 Å². The molecule has 0 saturated heterocycles. The molecule has 0 saturated carbocycles. The first kappa shape index (κ1) is 19.2. The summed E-state index contributed by atoms with van der Waals surface area (Å²) in [5.41, 5.74) is 3.30. The van der Waals surface area contributed by atoms with Gasteiger partial charge in [0.25, 0.3) is 0 Å². The summed E-state index contributed by atoms with van der Waals surface area (Å²) in [5.74, 6) is 0.254. The van der Waals surface area contributed by atoms with Crippen LogP contribution in [0.1, 0.15) is 30.5 Å². The molecular weight excluding hydrogens is 491 g/mol. The summed E-state index contributed by atoms with van der Waals surface area (Å²) in [6.07, 6.45) is 5.77. The monoisotopic (exact) mass is 508 g/mol. The van der Waals surface area contributed by atoms with Crippen molar-refractivity contribution in [1.29, 1.82) is 0 Å². The van der Waals surface area contributed by atoms with E-state index in [-0.39, 0.29) is 12.4 Å². The van der Waals surface area contributed by atoms with Crippen LogP contribution in [-0.2, 0) is 16.1 Å². The van der Waals surface area contributed by atoms with E-state index in [9.17, 15) is 4.79 Å². The van der Waals surface area contributed by atoms with Crippen LogP contribution in [0.5, 0.6) is 0 Å². The fourth-order valence-corrected chi connectivity index (χ4v) is 4.03. The lowest BCUT2D eigenvalue weighted by Gasteiger charge is -2.14. The molecule has 0 bridgehead atoms. The number of anilines is 1. The lowest BCUT2D eigenvalue weighted by molar-refractivity contribution is -0.142. The zero-order valence-electron chi connectivity index (χ0n) is 15.0. The number of cyclic esters (lactones) is 1. The second-order valence-corrected chi connectivity index (χ2v) is 8.15. The predicted octanol–water partition coefficient (Wildman–Crippen LogP) is 4.94. The summed E-state index contributed by atoms with van der Waals surface area (Å²) >= 11 is 8.55. The van der Waals surface area contributed by atoms with Gasteiger partial charge in [0, 0.05) is 26.7 Å². The number of carbonyl (C=O) groups excluding carboxylic acids is 1. The second kappa shape index (κ2) is 8.48. The number of hydrogen-bond acceptors (Lipinski definition) is 5. The third-order valence-corrected chi connectivity index (χ3v) is 5.53. The van der Waals surface area contributed by atoms with E-state index in [1.807, 2.05) is 30.5 Å². The van der Waals surface area contributed by atoms with Gasteiger partial charge in [-0.15, -0.1) is 0 Å². The van der Waals surface area contributed by atoms with Crippen molar-refractivity contribution < 1.29 is 9.53 Å². The Morgan fingerprint density at radius 2 is 2.18 bits per heavy atom. The van der Waals surface area contributed by atoms with Gasteiger partial charge >= 0.3 is 5.97 Å². The molecular formula is C20H18ClIN4O2. The first-order chi connectivity index (χ1) is 13.6. The van der Waals surface area contributed by atoms with E-state index in [0.717, 1.165) is 44.3 Å². The average Bonchev–Trinajstić information content (AvgIpc) is 3.12. The van der Waals surface area contributed by atoms with Crippen molar-refractivity contribution >= 4 is 62.7 Å². The molecule has 0 unspecified atom stereocenters. The summed E-state index contributed by atoms with van der Waals surface area (Å²) in [7, 11) is 0. The van der Waals surface area contributed by atoms with Crippen molar-refractivity contribution in [1.82, 2.24) is 15.0 Å². The van der Waals surface area contributed by atoms with E-state index in [0.29, 0.717) is 24.1 Å². The van der Waals surface area contributed by atoms with Crippen molar-refractivity contribution in [2.45, 2.75) is 25.8 Å². The molecule has 2 aromatic heterocycles. The van der Waals surface area contributed by atoms with Gasteiger partial charge in [0.05, 0.1) is 18.7 Å². The summed E-state index contributed by atoms with van der Waals surface area (Å²) in [4.78, 5) is 24.4. The number of H-pyrrole nitrogens is 1. The Morgan fingerprint density at radius 3 is 3.04 bits per heavy atom. The molecule has 6 nitrogen and oxygen atoms in total. The molecule has 8 heteroatoms. The van der Waals surface area contributed by atoms with Gasteiger partial charge in [0.1, 0.15) is 5.65 Å². The van der Waals surface area contributed by atoms with E-state index < -0.39 is 0 Å². The molecule has 4 rings (SSSR count). The maximum atomic E-state index is 12.0. The highest BCUT2D eigenvalue weighted by molar-refractivity contribution is 14.1. The predicted molar refractivity (Wildman–Crippen MR) is 118 cm³/mol. The largest absolute Gasteiger partial charge is 0.465 e. The summed E-state index contributed by atoms with van der Waals surface area (Å²) < 4.78 is 6.31. The fourth-order valence-electron chi connectivity index (χ4n) is 3.11. The van der Waals surface area contributed by atoms with E-state index >= 15 is 0 Å². The van der Waals surface area contributed by atoms with Gasteiger partial charge in [-0.05, 0) is 64.8 Å². The van der Waals surface area contributed by atoms with Crippen molar-refractivity contribution in [3.05, 3.63) is 56.4 Å². The molecule has 2 N–H and O–H groups in total. The van der Waals surface area contributed by atoms with Crippen LogP contribution < -0.4 is 5.32 Å². The number of rotatable bonds is 4. The minimum absolute atomic E-state index is 0.208. The normalized spacial score (nSPS) is 14.9. The molecule has 28 heavy (non-hydrogen) atoms. The maximum absolute atomic E-state index is 12.0. The zero-order chi connectivity index (χ0) is 19.5. The Labute approximate surface area is 180 Å². The summed E-state index contributed by atoms with van der Waals surface area (Å²) in [5, 5.41) is 4.84. The molecule has 3 heterocycles. The van der Waals surface area contributed by atoms with Gasteiger partial charge in [-0.3, -0.25) is 4.79 Å². The Bertz CT molecular complexity index is 1060. The lowest BCUT2D eigenvalue weighted by atomic mass is 10.0. The minimum atomic E-state index is -0.228. The highest BCUT2D eigenvalue weighted by Gasteiger charge is 2.18. The lowest BCUT2D eigenvalue weighted by Crippen LogP contribution is -2.11. The number of benzene rings is 1. The Kier molecular flexibility index (Phi) is 5.82. The van der Waals surface area contributed by atoms with E-state index in [2.05, 4.69) is 44.0 Å². The fraction of sp³-hybridized carbons (Fsp3) is 0.250. The molecule has 1 aliphatic rings. The first-order valence-electron chi connectivity index (χ1n) is 8.98. The highest BCUT2D eigenvalue weighted by atomic mass is 127. The molecule has 0 amide bonds. The number of ether oxygens (including phenoxy) is 1. The van der Waals surface area contributed by atoms with Crippen molar-refractivity contribution in [2.75, 3.05) is 11.9 Å². The molecule has 0 radical (unpaired) electrons. The smallest absolute Gasteiger partial charge is 0.310 e. The number of halogens is 2. The SMILES string of the molecule is O=C1CC(c2nc(NCc3ccc(I)cc3Cl)nc3[nH]ccc23)=CCCCO1. The minimum Gasteiger partial charge on any atom is -0.465 e. The number of fused-ring (bicyclic) bond motifs is 1. The van der Waals surface area contributed by atoms with Crippen LogP contribution in [0.4, 0.5) is 5.95 Å². The van der Waals surface area contributed by atoms with Gasteiger partial charge in [0.2, 0.25) is 5.95 Å². The Hall–Kier alpha value is -2.13. The van der Waals surface area contributed by atoms with Gasteiger partial charge < -0.3 is 15.0 Å². The molecule has 0 spiro atoms. The third-order valence-electron chi connectivity index (χ3n) is 4.51. The zero-order valence-corrected chi connectivity index (χ0v) is 17.9. The summed E-state index contributed by atoms with van der Waals surface area (Å²) in [6.45, 7) is 0.970. The van der Waals surface area contributed by atoms with Crippen LogP contribution in [-0.4, -0.2) is 27.5 Å². The Balaban J connectivity index is 1.65. The van der Waals surface area contributed by atoms with E-state index in [1.165, 1.54) is 0 Å². The van der Waals surface area contributed by atoms with E-state index in [1.54, 1.807) is 0 Å². The van der Waals surface area contributed by atoms with Crippen LogP contribution in [0.3, 0.4) is 0 Å². The number of nitrogens with one attached hydrogen (secondary N) is 2. The van der Waals surface area contributed by atoms with Crippen LogP contribution in [0.15, 0.2) is 36.5 Å². The summed E-state index contributed by atoms with van der Waals surface area (Å²) in [6, 6.07) is 7.84. The number of aromatic nitrogens is 3. The average molecular weight is 509 g/mol. The number of esters is 1. The van der Waals surface area contributed by atoms with Gasteiger partial charge in [-0.1, -0.05) is 23.7 Å². The van der Waals surface area contributed by atoms with Gasteiger partial charge in [-0.25, -0.2) is 4.98 Å². The Morgan fingerprint density at radius 1 is 1.29 bits per heavy atom. The molecule has 0 aliphatic carbocycles. The number of carbonyl (C=O) groups is 1. The van der Waals surface area contributed by atoms with Crippen LogP contribution in [0.2, 0.25) is 5.02 Å². The van der Waals surface area contributed by atoms with Crippen LogP contribution >= 0.6 is 34.2 Å². The first-order valence-corrected chi connectivity index (χ1v) is 10.4. The molecule has 0 fully saturated rings. The van der Waals surface area contributed by atoms with Gasteiger partial charge in [-0.2, -0.15) is 4.98 Å². The quantitative estimate of drug-likeness (QED) is 0.386. The molecule has 144 valence electrons. The van der Waals surface area contributed by atoms with Crippen LogP contribution in [0.25, 0.3) is 16.6 Å². The number of aromatic amines is 1. The van der Waals surface area contributed by atoms with Gasteiger partial charge in [0.15, 0.2) is 0 Å². The van der Waals surface area contributed by atoms with Crippen molar-refractivity contribution in [3.8, 4) is 0 Å². The standard InChI is InChI=1S/C20H18ClIN4O2/c21-16-10-14(22)5-4-13(16)11-24-20-25-18(15-6-7-23-19(15)26-20)12-3-1-2-8-28-17(27)9-12/h3-7,10H,1-2,8-9,11H2,(H2,23,24,25,26). The third kappa shape index (κ3) is 4.30. The van der Waals surface area contributed by atoms with E-state index in [4.69, 9.17) is 21.3 Å². The molecule has 0 atom stereocenters. The highest BCUT2D eigenvalue weighted by Crippen LogP contribution is 2.28. The molecule has 1 aliphatic heterocycles. The maximum Gasteiger partial charge on any atom is 0.310 e. The molecule has 3 aromatic rings. The topological polar surface area (TPSA) is 79.9 Å². The number of nitrogens with zero attached hydrogens (tertiary/aromatic N) is 2. The second-order valence-electron chi connectivity index (χ2n) is 6.49. The molecule has 1 aromatic carbocycles. The number of allylic oxidation sites excluding steroid dienone is 1. The van der Waals surface area contributed by atoms with Crippen molar-refractivity contribution in [2.24, 2.45) is 0 Å². The number of hydrogen-bond donors (Lipinski definition) is 2. The van der Waals surface area contributed by atoms with Crippen molar-refractivity contribution in [3.63, 3.8) is 0 Å².